The molecule has 0 aromatic heterocycles. The van der Waals surface area contributed by atoms with Crippen LogP contribution < -0.4 is 0 Å². The molecule has 6 nitrogen and oxygen atoms in total. The van der Waals surface area contributed by atoms with Gasteiger partial charge in [0.15, 0.2) is 0 Å². The van der Waals surface area contributed by atoms with Gasteiger partial charge in [0, 0.05) is 25.7 Å². The van der Waals surface area contributed by atoms with E-state index in [1.165, 1.54) is 0 Å². The Balaban J connectivity index is 3.46. The minimum atomic E-state index is -0.184. The van der Waals surface area contributed by atoms with Crippen molar-refractivity contribution in [3.8, 4) is 11.8 Å². The summed E-state index contributed by atoms with van der Waals surface area (Å²) in [6.07, 6.45) is 7.18. The van der Waals surface area contributed by atoms with Gasteiger partial charge in [0.2, 0.25) is 11.6 Å². The van der Waals surface area contributed by atoms with Crippen molar-refractivity contribution in [2.24, 2.45) is 0 Å². The van der Waals surface area contributed by atoms with Crippen molar-refractivity contribution < 1.29 is 19.2 Å². The molecule has 0 aliphatic carbocycles. The first-order valence-electron chi connectivity index (χ1n) is 6.57. The van der Waals surface area contributed by atoms with Crippen molar-refractivity contribution in [1.29, 1.82) is 0 Å². The van der Waals surface area contributed by atoms with E-state index in [9.17, 15) is 9.59 Å². The van der Waals surface area contributed by atoms with Gasteiger partial charge in [-0.3, -0.25) is 9.59 Å². The molecule has 0 amide bonds. The van der Waals surface area contributed by atoms with Crippen LogP contribution in [0.15, 0.2) is 0 Å². The van der Waals surface area contributed by atoms with Crippen molar-refractivity contribution in [1.82, 2.24) is 0 Å². The fourth-order valence-corrected chi connectivity index (χ4v) is 1.46. The molecule has 0 spiro atoms. The molecule has 0 saturated heterocycles. The zero-order valence-electron chi connectivity index (χ0n) is 11.4. The Morgan fingerprint density at radius 2 is 1.20 bits per heavy atom. The van der Waals surface area contributed by atoms with E-state index in [0.717, 1.165) is 51.0 Å². The standard InChI is InChI=1S/C14H18N4O2/c15-17-11-13(19)9-7-5-3-1-2-4-6-8-10-14(20)12-18-16/h11-12H,3-10H2. The summed E-state index contributed by atoms with van der Waals surface area (Å²) < 4.78 is 0. The van der Waals surface area contributed by atoms with Crippen LogP contribution in [-0.4, -0.2) is 33.6 Å². The van der Waals surface area contributed by atoms with Crippen molar-refractivity contribution in [3.05, 3.63) is 11.1 Å². The molecule has 0 fully saturated rings. The van der Waals surface area contributed by atoms with Crippen LogP contribution in [0, 0.1) is 11.8 Å². The lowest BCUT2D eigenvalue weighted by Crippen LogP contribution is -1.99. The van der Waals surface area contributed by atoms with E-state index in [0.29, 0.717) is 12.8 Å². The van der Waals surface area contributed by atoms with Gasteiger partial charge in [-0.05, 0) is 25.7 Å². The number of unbranched alkanes of at least 4 members (excludes halogenated alkanes) is 4. The van der Waals surface area contributed by atoms with Crippen molar-refractivity contribution in [2.75, 3.05) is 0 Å². The molecule has 0 heterocycles. The van der Waals surface area contributed by atoms with Crippen LogP contribution in [0.5, 0.6) is 0 Å². The molecule has 0 aliphatic rings. The van der Waals surface area contributed by atoms with Crippen LogP contribution in [-0.2, 0) is 9.59 Å². The van der Waals surface area contributed by atoms with Crippen molar-refractivity contribution in [3.63, 3.8) is 0 Å². The second-order valence-corrected chi connectivity index (χ2v) is 4.19. The molecule has 0 rings (SSSR count). The second-order valence-electron chi connectivity index (χ2n) is 4.19. The van der Waals surface area contributed by atoms with Crippen LogP contribution in [0.4, 0.5) is 0 Å². The molecular formula is C14H18N4O2. The summed E-state index contributed by atoms with van der Waals surface area (Å²) in [5.41, 5.74) is 16.3. The zero-order chi connectivity index (χ0) is 15.1. The van der Waals surface area contributed by atoms with Gasteiger partial charge in [0.05, 0.1) is 0 Å². The Hall–Kier alpha value is -2.34. The quantitative estimate of drug-likeness (QED) is 0.199. The van der Waals surface area contributed by atoms with Gasteiger partial charge in [-0.2, -0.15) is 9.58 Å². The Bertz CT molecular complexity index is 433. The SMILES string of the molecule is [N-]=[N+]=CC(=O)CCCCC#CCCCCC(=O)C=[N+]=[N-]. The lowest BCUT2D eigenvalue weighted by atomic mass is 10.1. The highest BCUT2D eigenvalue weighted by molar-refractivity contribution is 6.25. The van der Waals surface area contributed by atoms with Gasteiger partial charge in [-0.1, -0.05) is 0 Å². The third kappa shape index (κ3) is 12.1. The first-order valence-corrected chi connectivity index (χ1v) is 6.57. The number of nitrogens with zero attached hydrogens (tertiary/aromatic N) is 4. The van der Waals surface area contributed by atoms with Crippen LogP contribution in [0.1, 0.15) is 51.4 Å². The molecule has 106 valence electrons. The summed E-state index contributed by atoms with van der Waals surface area (Å²) in [5, 5.41) is 0. The average Bonchev–Trinajstić information content (AvgIpc) is 2.41. The van der Waals surface area contributed by atoms with Gasteiger partial charge >= 0.3 is 12.4 Å². The fourth-order valence-electron chi connectivity index (χ4n) is 1.46. The minimum Gasteiger partial charge on any atom is -0.361 e. The van der Waals surface area contributed by atoms with E-state index in [1.807, 2.05) is 0 Å². The molecule has 0 bridgehead atoms. The number of Topliss-reactive ketones (excluding diaryl/α,β-unsaturated/α-hetero) is 2. The van der Waals surface area contributed by atoms with E-state index >= 15 is 0 Å². The molecule has 0 aromatic rings. The van der Waals surface area contributed by atoms with E-state index in [1.54, 1.807) is 0 Å². The van der Waals surface area contributed by atoms with Gasteiger partial charge in [-0.25, -0.2) is 0 Å². The monoisotopic (exact) mass is 274 g/mol. The molecule has 0 saturated carbocycles. The summed E-state index contributed by atoms with van der Waals surface area (Å²) in [4.78, 5) is 27.2. The molecule has 0 aliphatic heterocycles. The number of carbonyl (C=O) groups excluding carboxylic acids is 2. The molecule has 0 radical (unpaired) electrons. The highest BCUT2D eigenvalue weighted by Crippen LogP contribution is 2.01. The molecule has 0 atom stereocenters. The summed E-state index contributed by atoms with van der Waals surface area (Å²) in [6, 6.07) is 0. The highest BCUT2D eigenvalue weighted by Gasteiger charge is 2.01. The topological polar surface area (TPSA) is 107 Å². The summed E-state index contributed by atoms with van der Waals surface area (Å²) >= 11 is 0. The Morgan fingerprint density at radius 3 is 1.55 bits per heavy atom. The number of hydrogen-bond donors (Lipinski definition) is 0. The number of carbonyl (C=O) groups is 2. The van der Waals surface area contributed by atoms with Gasteiger partial charge < -0.3 is 11.1 Å². The van der Waals surface area contributed by atoms with E-state index < -0.39 is 0 Å². The van der Waals surface area contributed by atoms with Crippen molar-refractivity contribution in [2.45, 2.75) is 51.4 Å². The summed E-state index contributed by atoms with van der Waals surface area (Å²) in [6.45, 7) is 0. The van der Waals surface area contributed by atoms with Crippen LogP contribution in [0.25, 0.3) is 11.1 Å². The van der Waals surface area contributed by atoms with Crippen LogP contribution >= 0.6 is 0 Å². The average molecular weight is 274 g/mol. The van der Waals surface area contributed by atoms with Gasteiger partial charge in [0.1, 0.15) is 0 Å². The number of hydrogen-bond acceptors (Lipinski definition) is 2. The molecule has 0 aromatic carbocycles. The lowest BCUT2D eigenvalue weighted by Gasteiger charge is -1.92. The minimum absolute atomic E-state index is 0.184. The predicted octanol–water partition coefficient (Wildman–Crippen LogP) is 1.85. The normalized spacial score (nSPS) is 8.60. The Kier molecular flexibility index (Phi) is 11.6. The maximum absolute atomic E-state index is 11.0. The fraction of sp³-hybridized carbons (Fsp3) is 0.571. The maximum Gasteiger partial charge on any atom is 0.323 e. The van der Waals surface area contributed by atoms with E-state index in [4.69, 9.17) is 11.1 Å². The third-order valence-corrected chi connectivity index (χ3v) is 2.48. The van der Waals surface area contributed by atoms with E-state index in [2.05, 4.69) is 21.4 Å². The number of ketones is 2. The maximum atomic E-state index is 11.0. The van der Waals surface area contributed by atoms with E-state index in [-0.39, 0.29) is 11.6 Å². The second kappa shape index (κ2) is 13.1. The first-order chi connectivity index (χ1) is 9.70. The smallest absolute Gasteiger partial charge is 0.323 e. The van der Waals surface area contributed by atoms with Gasteiger partial charge in [-0.15, -0.1) is 11.8 Å². The molecular weight excluding hydrogens is 256 g/mol. The first kappa shape index (κ1) is 17.7. The van der Waals surface area contributed by atoms with Crippen molar-refractivity contribution >= 4 is 24.0 Å². The molecule has 20 heavy (non-hydrogen) atoms. The molecule has 0 unspecified atom stereocenters. The largest absolute Gasteiger partial charge is 0.361 e. The summed E-state index contributed by atoms with van der Waals surface area (Å²) in [7, 11) is 0. The predicted molar refractivity (Wildman–Crippen MR) is 74.1 cm³/mol. The van der Waals surface area contributed by atoms with Gasteiger partial charge in [0.25, 0.3) is 0 Å². The molecule has 6 heteroatoms. The van der Waals surface area contributed by atoms with Crippen LogP contribution in [0.3, 0.4) is 0 Å². The Morgan fingerprint density at radius 1 is 0.800 bits per heavy atom. The van der Waals surface area contributed by atoms with Crippen LogP contribution in [0.2, 0.25) is 0 Å². The summed E-state index contributed by atoms with van der Waals surface area (Å²) in [5.74, 6) is 5.65. The highest BCUT2D eigenvalue weighted by atomic mass is 16.1. The number of rotatable bonds is 10. The Labute approximate surface area is 118 Å². The lowest BCUT2D eigenvalue weighted by molar-refractivity contribution is -0.116. The third-order valence-electron chi connectivity index (χ3n) is 2.48. The zero-order valence-corrected chi connectivity index (χ0v) is 11.4. The molecule has 0 N–H and O–H groups in total.